The van der Waals surface area contributed by atoms with Gasteiger partial charge in [0.1, 0.15) is 0 Å². The van der Waals surface area contributed by atoms with Crippen LogP contribution in [-0.2, 0) is 4.79 Å². The molecule has 2 unspecified atom stereocenters. The Balaban J connectivity index is 0.00000144. The van der Waals surface area contributed by atoms with Crippen molar-refractivity contribution >= 4 is 18.3 Å². The summed E-state index contributed by atoms with van der Waals surface area (Å²) >= 11 is 0. The molecule has 0 radical (unpaired) electrons. The number of hydrogen-bond acceptors (Lipinski definition) is 2. The molecule has 1 aliphatic heterocycles. The zero-order chi connectivity index (χ0) is 11.8. The van der Waals surface area contributed by atoms with Crippen molar-refractivity contribution in [1.82, 2.24) is 4.90 Å². The second-order valence-corrected chi connectivity index (χ2v) is 6.02. The number of piperidine rings is 1. The SMILES string of the molecule is CC1CC(C)CN(C(=O)C2(N)CCCC2)C1.Cl. The standard InChI is InChI=1S/C13H24N2O.ClH/c1-10-7-11(2)9-15(8-10)12(16)13(14)5-3-4-6-13;/h10-11H,3-9,14H2,1-2H3;1H. The lowest BCUT2D eigenvalue weighted by Gasteiger charge is -2.39. The van der Waals surface area contributed by atoms with Crippen molar-refractivity contribution in [3.63, 3.8) is 0 Å². The summed E-state index contributed by atoms with van der Waals surface area (Å²) in [7, 11) is 0. The second kappa shape index (κ2) is 5.57. The lowest BCUT2D eigenvalue weighted by atomic mass is 9.89. The van der Waals surface area contributed by atoms with Crippen LogP contribution >= 0.6 is 12.4 Å². The molecule has 3 nitrogen and oxygen atoms in total. The summed E-state index contributed by atoms with van der Waals surface area (Å²) in [5.74, 6) is 1.46. The Morgan fingerprint density at radius 1 is 1.18 bits per heavy atom. The summed E-state index contributed by atoms with van der Waals surface area (Å²) in [6.07, 6.45) is 5.22. The van der Waals surface area contributed by atoms with Gasteiger partial charge in [-0.25, -0.2) is 0 Å². The lowest BCUT2D eigenvalue weighted by molar-refractivity contribution is -0.139. The van der Waals surface area contributed by atoms with Crippen LogP contribution in [0.25, 0.3) is 0 Å². The molecule has 1 aliphatic carbocycles. The van der Waals surface area contributed by atoms with Gasteiger partial charge in [-0.1, -0.05) is 26.7 Å². The maximum absolute atomic E-state index is 12.4. The van der Waals surface area contributed by atoms with Crippen molar-refractivity contribution in [2.24, 2.45) is 17.6 Å². The highest BCUT2D eigenvalue weighted by Crippen LogP contribution is 2.31. The molecule has 0 spiro atoms. The Hall–Kier alpha value is -0.280. The van der Waals surface area contributed by atoms with Gasteiger partial charge < -0.3 is 10.6 Å². The second-order valence-electron chi connectivity index (χ2n) is 6.02. The Morgan fingerprint density at radius 3 is 2.12 bits per heavy atom. The summed E-state index contributed by atoms with van der Waals surface area (Å²) in [4.78, 5) is 14.4. The minimum absolute atomic E-state index is 0. The van der Waals surface area contributed by atoms with E-state index < -0.39 is 5.54 Å². The van der Waals surface area contributed by atoms with Gasteiger partial charge in [0.2, 0.25) is 5.91 Å². The first-order valence-electron chi connectivity index (χ1n) is 6.59. The highest BCUT2D eigenvalue weighted by molar-refractivity contribution is 5.86. The molecule has 1 heterocycles. The van der Waals surface area contributed by atoms with Crippen LogP contribution < -0.4 is 5.73 Å². The van der Waals surface area contributed by atoms with Gasteiger partial charge in [-0.2, -0.15) is 0 Å². The largest absolute Gasteiger partial charge is 0.341 e. The number of rotatable bonds is 1. The maximum Gasteiger partial charge on any atom is 0.242 e. The Morgan fingerprint density at radius 2 is 1.65 bits per heavy atom. The van der Waals surface area contributed by atoms with E-state index in [1.807, 2.05) is 4.90 Å². The van der Waals surface area contributed by atoms with E-state index in [2.05, 4.69) is 13.8 Å². The van der Waals surface area contributed by atoms with Gasteiger partial charge in [0, 0.05) is 13.1 Å². The number of carbonyl (C=O) groups excluding carboxylic acids is 1. The van der Waals surface area contributed by atoms with Crippen LogP contribution in [-0.4, -0.2) is 29.4 Å². The fraction of sp³-hybridized carbons (Fsp3) is 0.923. The molecule has 1 saturated carbocycles. The van der Waals surface area contributed by atoms with E-state index in [0.29, 0.717) is 11.8 Å². The Labute approximate surface area is 111 Å². The van der Waals surface area contributed by atoms with Crippen molar-refractivity contribution in [2.75, 3.05) is 13.1 Å². The summed E-state index contributed by atoms with van der Waals surface area (Å²) < 4.78 is 0. The van der Waals surface area contributed by atoms with Crippen LogP contribution in [0, 0.1) is 11.8 Å². The molecule has 0 bridgehead atoms. The van der Waals surface area contributed by atoms with E-state index in [1.54, 1.807) is 0 Å². The van der Waals surface area contributed by atoms with Crippen molar-refractivity contribution < 1.29 is 4.79 Å². The topological polar surface area (TPSA) is 46.3 Å². The van der Waals surface area contributed by atoms with Crippen molar-refractivity contribution in [2.45, 2.75) is 51.5 Å². The van der Waals surface area contributed by atoms with E-state index in [1.165, 1.54) is 6.42 Å². The number of nitrogens with two attached hydrogens (primary N) is 1. The minimum atomic E-state index is -0.531. The highest BCUT2D eigenvalue weighted by atomic mass is 35.5. The molecule has 2 N–H and O–H groups in total. The maximum atomic E-state index is 12.4. The number of halogens is 1. The van der Waals surface area contributed by atoms with Gasteiger partial charge in [-0.3, -0.25) is 4.79 Å². The molecular formula is C13H25ClN2O. The zero-order valence-corrected chi connectivity index (χ0v) is 11.8. The van der Waals surface area contributed by atoms with Crippen molar-refractivity contribution in [3.8, 4) is 0 Å². The monoisotopic (exact) mass is 260 g/mol. The summed E-state index contributed by atoms with van der Waals surface area (Å²) in [5, 5.41) is 0. The molecule has 1 saturated heterocycles. The van der Waals surface area contributed by atoms with Gasteiger partial charge >= 0.3 is 0 Å². The van der Waals surface area contributed by atoms with Crippen molar-refractivity contribution in [1.29, 1.82) is 0 Å². The molecule has 4 heteroatoms. The molecular weight excluding hydrogens is 236 g/mol. The number of carbonyl (C=O) groups is 1. The highest BCUT2D eigenvalue weighted by Gasteiger charge is 2.41. The smallest absolute Gasteiger partial charge is 0.242 e. The predicted octanol–water partition coefficient (Wildman–Crippen LogP) is 2.18. The molecule has 2 atom stereocenters. The average molecular weight is 261 g/mol. The van der Waals surface area contributed by atoms with E-state index >= 15 is 0 Å². The molecule has 2 rings (SSSR count). The van der Waals surface area contributed by atoms with Gasteiger partial charge in [0.15, 0.2) is 0 Å². The van der Waals surface area contributed by atoms with E-state index in [-0.39, 0.29) is 18.3 Å². The lowest BCUT2D eigenvalue weighted by Crippen LogP contribution is -2.56. The van der Waals surface area contributed by atoms with E-state index in [4.69, 9.17) is 5.73 Å². The summed E-state index contributed by atoms with van der Waals surface area (Å²) in [6, 6.07) is 0. The number of amides is 1. The van der Waals surface area contributed by atoms with E-state index in [0.717, 1.165) is 38.8 Å². The van der Waals surface area contributed by atoms with Crippen molar-refractivity contribution in [3.05, 3.63) is 0 Å². The Bertz CT molecular complexity index is 267. The van der Waals surface area contributed by atoms with Crippen LogP contribution in [0.2, 0.25) is 0 Å². The predicted molar refractivity (Wildman–Crippen MR) is 72.2 cm³/mol. The summed E-state index contributed by atoms with van der Waals surface area (Å²) in [6.45, 7) is 6.27. The van der Waals surface area contributed by atoms with E-state index in [9.17, 15) is 4.79 Å². The third-order valence-electron chi connectivity index (χ3n) is 4.08. The Kier molecular flexibility index (Phi) is 4.85. The molecule has 0 aromatic heterocycles. The number of likely N-dealkylation sites (tertiary alicyclic amines) is 1. The van der Waals surface area contributed by atoms with Gasteiger partial charge in [-0.05, 0) is 31.1 Å². The third-order valence-corrected chi connectivity index (χ3v) is 4.08. The summed E-state index contributed by atoms with van der Waals surface area (Å²) in [5.41, 5.74) is 5.70. The van der Waals surface area contributed by atoms with Gasteiger partial charge in [-0.15, -0.1) is 12.4 Å². The van der Waals surface area contributed by atoms with Crippen LogP contribution in [0.5, 0.6) is 0 Å². The fourth-order valence-electron chi connectivity index (χ4n) is 3.36. The van der Waals surface area contributed by atoms with Crippen LogP contribution in [0.3, 0.4) is 0 Å². The molecule has 1 amide bonds. The first-order chi connectivity index (χ1) is 7.51. The molecule has 17 heavy (non-hydrogen) atoms. The molecule has 2 fully saturated rings. The molecule has 0 aromatic rings. The van der Waals surface area contributed by atoms with Gasteiger partial charge in [0.05, 0.1) is 5.54 Å². The van der Waals surface area contributed by atoms with Crippen LogP contribution in [0.1, 0.15) is 46.0 Å². The quantitative estimate of drug-likeness (QED) is 0.786. The first kappa shape index (κ1) is 14.8. The molecule has 100 valence electrons. The molecule has 2 aliphatic rings. The number of nitrogens with zero attached hydrogens (tertiary/aromatic N) is 1. The normalized spacial score (nSPS) is 32.1. The first-order valence-corrected chi connectivity index (χ1v) is 6.59. The molecule has 0 aromatic carbocycles. The fourth-order valence-corrected chi connectivity index (χ4v) is 3.36. The van der Waals surface area contributed by atoms with Crippen LogP contribution in [0.15, 0.2) is 0 Å². The average Bonchev–Trinajstić information content (AvgIpc) is 2.64. The zero-order valence-electron chi connectivity index (χ0n) is 10.9. The minimum Gasteiger partial charge on any atom is -0.341 e. The third kappa shape index (κ3) is 3.14. The number of hydrogen-bond donors (Lipinski definition) is 1. The van der Waals surface area contributed by atoms with Crippen LogP contribution in [0.4, 0.5) is 0 Å². The van der Waals surface area contributed by atoms with Gasteiger partial charge in [0.25, 0.3) is 0 Å².